The molecule has 0 saturated carbocycles. The Balaban J connectivity index is 1.56. The normalized spacial score (nSPS) is 20.6. The highest BCUT2D eigenvalue weighted by Crippen LogP contribution is 2.54. The molecule has 3 aromatic carbocycles. The number of carbonyl (C=O) groups is 1. The van der Waals surface area contributed by atoms with E-state index >= 15 is 8.78 Å². The zero-order valence-electron chi connectivity index (χ0n) is 24.7. The molecule has 0 N–H and O–H groups in total. The van der Waals surface area contributed by atoms with Crippen molar-refractivity contribution in [3.8, 4) is 16.9 Å². The van der Waals surface area contributed by atoms with Crippen molar-refractivity contribution < 1.29 is 35.8 Å². The number of ether oxygens (including phenoxy) is 1. The largest absolute Gasteiger partial charge is 0.434 e. The molecule has 0 fully saturated rings. The van der Waals surface area contributed by atoms with Gasteiger partial charge in [0.25, 0.3) is 5.91 Å². The molecule has 6 rings (SSSR count). The van der Waals surface area contributed by atoms with Gasteiger partial charge in [0.1, 0.15) is 23.2 Å². The summed E-state index contributed by atoms with van der Waals surface area (Å²) in [5.41, 5.74) is 0.392. The zero-order valence-corrected chi connectivity index (χ0v) is 22.6. The van der Waals surface area contributed by atoms with Crippen molar-refractivity contribution in [2.45, 2.75) is 37.7 Å². The highest BCUT2D eigenvalue weighted by molar-refractivity contribution is 7.62. The van der Waals surface area contributed by atoms with Crippen molar-refractivity contribution in [3.05, 3.63) is 82.7 Å². The third-order valence-electron chi connectivity index (χ3n) is 7.91. The number of nitrogens with zero attached hydrogens (tertiary/aromatic N) is 3. The molecule has 40 heavy (non-hydrogen) atoms. The van der Waals surface area contributed by atoms with E-state index in [2.05, 4.69) is 4.98 Å². The lowest BCUT2D eigenvalue weighted by Gasteiger charge is -2.24. The van der Waals surface area contributed by atoms with Gasteiger partial charge >= 0.3 is 6.61 Å². The molecule has 0 saturated heterocycles. The molecule has 0 unspecified atom stereocenters. The van der Waals surface area contributed by atoms with Gasteiger partial charge in [0.15, 0.2) is 0 Å². The van der Waals surface area contributed by atoms with Gasteiger partial charge in [-0.1, -0.05) is 19.1 Å². The summed E-state index contributed by atoms with van der Waals surface area (Å²) in [6, 6.07) is 9.35. The lowest BCUT2D eigenvalue weighted by molar-refractivity contribution is -0.0507. The Bertz CT molecular complexity index is 1830. The van der Waals surface area contributed by atoms with Crippen LogP contribution in [-0.2, 0) is 4.57 Å². The number of halogens is 4. The van der Waals surface area contributed by atoms with Crippen molar-refractivity contribution in [2.24, 2.45) is 0 Å². The average Bonchev–Trinajstić information content (AvgIpc) is 3.39. The lowest BCUT2D eigenvalue weighted by atomic mass is 9.97. The highest BCUT2D eigenvalue weighted by Gasteiger charge is 2.45. The van der Waals surface area contributed by atoms with E-state index in [1.165, 1.54) is 38.5 Å². The molecule has 0 aliphatic carbocycles. The van der Waals surface area contributed by atoms with Crippen LogP contribution in [0, 0.1) is 11.6 Å². The summed E-state index contributed by atoms with van der Waals surface area (Å²) in [6.45, 7) is -1.62. The molecule has 208 valence electrons. The SMILES string of the molecule is [2H]C([2H])([2H])N1C(=O)c2cccc(OC(F)F)c2[C@H]2C[C@@H]1c1nc3ccc(-c4cc(F)c([C@@H](C)P(C)(C)=O)c(F)c4)cc3n12. The molecule has 0 spiro atoms. The maximum Gasteiger partial charge on any atom is 0.387 e. The Labute approximate surface area is 232 Å². The van der Waals surface area contributed by atoms with Crippen LogP contribution in [0.25, 0.3) is 22.2 Å². The van der Waals surface area contributed by atoms with Crippen LogP contribution in [0.15, 0.2) is 48.5 Å². The van der Waals surface area contributed by atoms with Crippen LogP contribution in [0.1, 0.15) is 62.5 Å². The van der Waals surface area contributed by atoms with E-state index in [0.29, 0.717) is 16.6 Å². The number of aromatic nitrogens is 2. The number of hydrogen-bond donors (Lipinski definition) is 0. The van der Waals surface area contributed by atoms with Crippen molar-refractivity contribution in [2.75, 3.05) is 20.3 Å². The fraction of sp³-hybridized carbons (Fsp3) is 0.310. The second-order valence-corrected chi connectivity index (χ2v) is 14.2. The van der Waals surface area contributed by atoms with Crippen LogP contribution in [0.5, 0.6) is 5.75 Å². The number of carbonyl (C=O) groups excluding carboxylic acids is 1. The number of benzene rings is 3. The first-order valence-corrected chi connectivity index (χ1v) is 15.2. The first-order chi connectivity index (χ1) is 20.1. The second-order valence-electron chi connectivity index (χ2n) is 10.5. The number of rotatable bonds is 5. The van der Waals surface area contributed by atoms with Crippen molar-refractivity contribution in [1.82, 2.24) is 14.5 Å². The van der Waals surface area contributed by atoms with Gasteiger partial charge in [0, 0.05) is 39.9 Å². The maximum atomic E-state index is 15.2. The Morgan fingerprint density at radius 2 is 1.80 bits per heavy atom. The quantitative estimate of drug-likeness (QED) is 0.184. The van der Waals surface area contributed by atoms with E-state index in [1.807, 2.05) is 0 Å². The summed E-state index contributed by atoms with van der Waals surface area (Å²) < 4.78 is 101. The van der Waals surface area contributed by atoms with Gasteiger partial charge in [0.2, 0.25) is 0 Å². The third-order valence-corrected chi connectivity index (χ3v) is 10.0. The second kappa shape index (κ2) is 9.20. The molecular weight excluding hydrogens is 545 g/mol. The van der Waals surface area contributed by atoms with Crippen LogP contribution in [0.3, 0.4) is 0 Å². The summed E-state index contributed by atoms with van der Waals surface area (Å²) in [5.74, 6) is -2.56. The highest BCUT2D eigenvalue weighted by atomic mass is 31.2. The van der Waals surface area contributed by atoms with Crippen LogP contribution in [-0.4, -0.2) is 47.3 Å². The summed E-state index contributed by atoms with van der Waals surface area (Å²) in [5, 5.41) is 0. The van der Waals surface area contributed by atoms with Gasteiger partial charge < -0.3 is 18.8 Å². The predicted molar refractivity (Wildman–Crippen MR) is 144 cm³/mol. The van der Waals surface area contributed by atoms with Gasteiger partial charge in [-0.05, 0) is 60.9 Å². The first kappa shape index (κ1) is 23.1. The Hall–Kier alpha value is -3.65. The Morgan fingerprint density at radius 1 is 1.07 bits per heavy atom. The van der Waals surface area contributed by atoms with Crippen molar-refractivity contribution >= 4 is 24.1 Å². The van der Waals surface area contributed by atoms with Crippen LogP contribution in [0.4, 0.5) is 17.6 Å². The zero-order chi connectivity index (χ0) is 31.2. The standard InChI is InChI=1S/C29H26F4N3O3P/c1-14(40(3,4)38)25-18(30)10-16(11-19(25)31)15-8-9-20-21(12-15)36-22-13-23(27(36)34-20)35(2)28(37)17-6-5-7-24(26(17)22)39-29(32)33/h5-12,14,22-23,29H,13H2,1-4H3/t14-,22-,23-/m1/s1/i2D3. The minimum absolute atomic E-state index is 0.0349. The number of amides is 1. The van der Waals surface area contributed by atoms with Crippen molar-refractivity contribution in [1.29, 1.82) is 0 Å². The molecule has 4 aromatic rings. The average molecular weight is 575 g/mol. The molecule has 3 heterocycles. The molecule has 2 bridgehead atoms. The van der Waals surface area contributed by atoms with Gasteiger partial charge in [-0.15, -0.1) is 0 Å². The van der Waals surface area contributed by atoms with Gasteiger partial charge in [-0.2, -0.15) is 8.78 Å². The van der Waals surface area contributed by atoms with E-state index in [-0.39, 0.29) is 40.2 Å². The van der Waals surface area contributed by atoms with E-state index in [4.69, 9.17) is 8.85 Å². The number of imidazole rings is 1. The molecule has 0 radical (unpaired) electrons. The molecule has 1 aromatic heterocycles. The molecule has 2 aliphatic rings. The van der Waals surface area contributed by atoms with Crippen LogP contribution in [0.2, 0.25) is 0 Å². The molecule has 3 atom stereocenters. The van der Waals surface area contributed by atoms with E-state index < -0.39 is 56.0 Å². The van der Waals surface area contributed by atoms with Crippen LogP contribution < -0.4 is 4.74 Å². The van der Waals surface area contributed by atoms with E-state index in [1.54, 1.807) is 22.8 Å². The Kier molecular flexibility index (Phi) is 5.31. The molecule has 1 amide bonds. The number of hydrogen-bond acceptors (Lipinski definition) is 4. The van der Waals surface area contributed by atoms with Crippen molar-refractivity contribution in [3.63, 3.8) is 0 Å². The summed E-state index contributed by atoms with van der Waals surface area (Å²) >= 11 is 0. The van der Waals surface area contributed by atoms with E-state index in [0.717, 1.165) is 17.0 Å². The molecular formula is C29H26F4N3O3P. The van der Waals surface area contributed by atoms with Gasteiger partial charge in [-0.3, -0.25) is 4.79 Å². The lowest BCUT2D eigenvalue weighted by Crippen LogP contribution is -2.30. The maximum absolute atomic E-state index is 15.2. The smallest absolute Gasteiger partial charge is 0.387 e. The fourth-order valence-electron chi connectivity index (χ4n) is 5.75. The topological polar surface area (TPSA) is 64.4 Å². The minimum atomic E-state index is -3.20. The minimum Gasteiger partial charge on any atom is -0.434 e. The summed E-state index contributed by atoms with van der Waals surface area (Å²) in [7, 11) is -2.85. The number of fused-ring (bicyclic) bond motifs is 9. The van der Waals surface area contributed by atoms with Gasteiger partial charge in [0.05, 0.1) is 30.3 Å². The Morgan fingerprint density at radius 3 is 2.45 bits per heavy atom. The summed E-state index contributed by atoms with van der Waals surface area (Å²) in [4.78, 5) is 18.9. The molecule has 6 nitrogen and oxygen atoms in total. The van der Waals surface area contributed by atoms with E-state index in [9.17, 15) is 18.1 Å². The molecule has 2 aliphatic heterocycles. The monoisotopic (exact) mass is 574 g/mol. The first-order valence-electron chi connectivity index (χ1n) is 14.0. The summed E-state index contributed by atoms with van der Waals surface area (Å²) in [6.07, 6.45) is 0.0349. The third kappa shape index (κ3) is 4.03. The van der Waals surface area contributed by atoms with Crippen LogP contribution >= 0.6 is 7.14 Å². The van der Waals surface area contributed by atoms with Gasteiger partial charge in [-0.25, -0.2) is 13.8 Å². The predicted octanol–water partition coefficient (Wildman–Crippen LogP) is 7.39. The molecule has 11 heteroatoms. The number of alkyl halides is 2. The fourth-order valence-corrected chi connectivity index (χ4v) is 6.62.